The van der Waals surface area contributed by atoms with Crippen LogP contribution in [0, 0.1) is 18.3 Å². The molecule has 200 valence electrons. The van der Waals surface area contributed by atoms with Gasteiger partial charge < -0.3 is 11.1 Å². The summed E-state index contributed by atoms with van der Waals surface area (Å²) in [6.07, 6.45) is -3.99. The van der Waals surface area contributed by atoms with E-state index < -0.39 is 39.2 Å². The van der Waals surface area contributed by atoms with Crippen molar-refractivity contribution in [1.29, 1.82) is 5.26 Å². The number of hydrogen-bond acceptors (Lipinski definition) is 7. The van der Waals surface area contributed by atoms with Gasteiger partial charge in [0.25, 0.3) is 11.8 Å². The maximum absolute atomic E-state index is 13.9. The van der Waals surface area contributed by atoms with Crippen molar-refractivity contribution in [2.75, 3.05) is 11.6 Å². The summed E-state index contributed by atoms with van der Waals surface area (Å²) >= 11 is 0. The third-order valence-electron chi connectivity index (χ3n) is 5.83. The van der Waals surface area contributed by atoms with Gasteiger partial charge in [0.2, 0.25) is 0 Å². The summed E-state index contributed by atoms with van der Waals surface area (Å²) in [4.78, 5) is 29.0. The molecule has 4 aromatic rings. The van der Waals surface area contributed by atoms with Crippen LogP contribution in [0.25, 0.3) is 10.9 Å². The number of pyridine rings is 1. The zero-order valence-electron chi connectivity index (χ0n) is 20.4. The van der Waals surface area contributed by atoms with E-state index in [-0.39, 0.29) is 39.3 Å². The molecule has 0 aliphatic carbocycles. The minimum absolute atomic E-state index is 0.0170. The van der Waals surface area contributed by atoms with Crippen LogP contribution < -0.4 is 11.1 Å². The molecule has 0 spiro atoms. The summed E-state index contributed by atoms with van der Waals surface area (Å²) in [5.74, 6) is -2.07. The third-order valence-corrected chi connectivity index (χ3v) is 6.94. The van der Waals surface area contributed by atoms with Gasteiger partial charge in [-0.05, 0) is 48.9 Å². The summed E-state index contributed by atoms with van der Waals surface area (Å²) in [6.45, 7) is 1.25. The normalized spacial score (nSPS) is 11.8. The number of hydrogen-bond donors (Lipinski definition) is 2. The van der Waals surface area contributed by atoms with Crippen LogP contribution in [0.2, 0.25) is 0 Å². The second kappa shape index (κ2) is 9.84. The lowest BCUT2D eigenvalue weighted by molar-refractivity contribution is -0.140. The predicted molar refractivity (Wildman–Crippen MR) is 134 cm³/mol. The van der Waals surface area contributed by atoms with Gasteiger partial charge >= 0.3 is 6.18 Å². The largest absolute Gasteiger partial charge is 0.437 e. The molecule has 14 heteroatoms. The smallest absolute Gasteiger partial charge is 0.364 e. The number of carbonyl (C=O) groups excluding carboxylic acids is 2. The Morgan fingerprint density at radius 2 is 1.79 bits per heavy atom. The number of carbonyl (C=O) groups is 2. The van der Waals surface area contributed by atoms with Gasteiger partial charge in [0.15, 0.2) is 15.5 Å². The monoisotopic (exact) mass is 556 g/mol. The standard InChI is InChI=1S/C25H19F3N6O4S/c1-13-21(22(25(26,27)28)33-34(13)12-15-5-3-14(11-29)4-6-15)32-24(36)18-10-20(23(30)35)31-19-8-7-16(9-17(18)19)39(2,37)38/h3-10H,12H2,1-2H3,(H2,30,35)(H,32,36). The average molecular weight is 557 g/mol. The second-order valence-corrected chi connectivity index (χ2v) is 10.6. The summed E-state index contributed by atoms with van der Waals surface area (Å²) in [5.41, 5.74) is 3.63. The number of sulfone groups is 1. The Morgan fingerprint density at radius 1 is 1.13 bits per heavy atom. The quantitative estimate of drug-likeness (QED) is 0.368. The lowest BCUT2D eigenvalue weighted by atomic mass is 10.1. The van der Waals surface area contributed by atoms with Gasteiger partial charge in [0.05, 0.1) is 45.5 Å². The fourth-order valence-electron chi connectivity index (χ4n) is 3.84. The third kappa shape index (κ3) is 5.58. The Bertz CT molecular complexity index is 1790. The SMILES string of the molecule is Cc1c(NC(=O)c2cc(C(N)=O)nc3ccc(S(C)(=O)=O)cc23)c(C(F)(F)F)nn1Cc1ccc(C#N)cc1. The number of nitriles is 1. The van der Waals surface area contributed by atoms with Crippen molar-refractivity contribution in [2.45, 2.75) is 24.5 Å². The van der Waals surface area contributed by atoms with Gasteiger partial charge in [-0.15, -0.1) is 0 Å². The van der Waals surface area contributed by atoms with Gasteiger partial charge in [0.1, 0.15) is 5.69 Å². The fraction of sp³-hybridized carbons (Fsp3) is 0.160. The summed E-state index contributed by atoms with van der Waals surface area (Å²) in [5, 5.41) is 14.8. The number of nitrogens with two attached hydrogens (primary N) is 1. The van der Waals surface area contributed by atoms with Crippen molar-refractivity contribution in [3.8, 4) is 6.07 Å². The molecule has 0 saturated carbocycles. The number of fused-ring (bicyclic) bond motifs is 1. The highest BCUT2D eigenvalue weighted by molar-refractivity contribution is 7.90. The van der Waals surface area contributed by atoms with Gasteiger partial charge in [0, 0.05) is 11.6 Å². The van der Waals surface area contributed by atoms with E-state index in [0.29, 0.717) is 11.1 Å². The van der Waals surface area contributed by atoms with Crippen LogP contribution in [0.1, 0.15) is 43.4 Å². The van der Waals surface area contributed by atoms with Crippen molar-refractivity contribution < 1.29 is 31.2 Å². The van der Waals surface area contributed by atoms with Crippen LogP contribution in [0.4, 0.5) is 18.9 Å². The van der Waals surface area contributed by atoms with Crippen LogP contribution in [0.15, 0.2) is 53.4 Å². The van der Waals surface area contributed by atoms with Crippen LogP contribution in [0.5, 0.6) is 0 Å². The molecule has 39 heavy (non-hydrogen) atoms. The van der Waals surface area contributed by atoms with Crippen molar-refractivity contribution in [3.05, 3.63) is 82.3 Å². The topological polar surface area (TPSA) is 161 Å². The van der Waals surface area contributed by atoms with E-state index in [0.717, 1.165) is 23.1 Å². The molecule has 0 atom stereocenters. The first-order valence-electron chi connectivity index (χ1n) is 11.1. The molecule has 0 unspecified atom stereocenters. The Kier molecular flexibility index (Phi) is 6.88. The van der Waals surface area contributed by atoms with Gasteiger partial charge in [-0.1, -0.05) is 12.1 Å². The number of alkyl halides is 3. The van der Waals surface area contributed by atoms with Crippen molar-refractivity contribution >= 4 is 38.2 Å². The molecule has 0 saturated heterocycles. The molecule has 2 heterocycles. The Hall–Kier alpha value is -4.77. The highest BCUT2D eigenvalue weighted by atomic mass is 32.2. The van der Waals surface area contributed by atoms with Crippen LogP contribution in [-0.2, 0) is 22.6 Å². The van der Waals surface area contributed by atoms with Gasteiger partial charge in [-0.2, -0.15) is 23.5 Å². The second-order valence-electron chi connectivity index (χ2n) is 8.60. The molecular weight excluding hydrogens is 537 g/mol. The lowest BCUT2D eigenvalue weighted by Gasteiger charge is -2.12. The van der Waals surface area contributed by atoms with E-state index in [2.05, 4.69) is 15.4 Å². The Balaban J connectivity index is 1.81. The first-order valence-corrected chi connectivity index (χ1v) is 13.0. The molecule has 0 aliphatic heterocycles. The predicted octanol–water partition coefficient (Wildman–Crippen LogP) is 3.43. The van der Waals surface area contributed by atoms with Crippen molar-refractivity contribution in [2.24, 2.45) is 5.73 Å². The zero-order valence-corrected chi connectivity index (χ0v) is 21.2. The summed E-state index contributed by atoms with van der Waals surface area (Å²) in [6, 6.07) is 12.7. The number of rotatable bonds is 6. The average Bonchev–Trinajstić information content (AvgIpc) is 3.17. The van der Waals surface area contributed by atoms with Crippen LogP contribution in [-0.4, -0.2) is 41.3 Å². The molecule has 0 bridgehead atoms. The van der Waals surface area contributed by atoms with Crippen molar-refractivity contribution in [3.63, 3.8) is 0 Å². The number of anilines is 1. The van der Waals surface area contributed by atoms with Crippen LogP contribution >= 0.6 is 0 Å². The highest BCUT2D eigenvalue weighted by Crippen LogP contribution is 2.36. The van der Waals surface area contributed by atoms with Crippen LogP contribution in [0.3, 0.4) is 0 Å². The maximum Gasteiger partial charge on any atom is 0.437 e. The Labute approximate surface area is 219 Å². The van der Waals surface area contributed by atoms with E-state index in [1.807, 2.05) is 6.07 Å². The van der Waals surface area contributed by atoms with Gasteiger partial charge in [-0.3, -0.25) is 14.3 Å². The highest BCUT2D eigenvalue weighted by Gasteiger charge is 2.39. The minimum Gasteiger partial charge on any atom is -0.364 e. The number of nitrogens with one attached hydrogen (secondary N) is 1. The molecule has 0 aliphatic rings. The van der Waals surface area contributed by atoms with Crippen molar-refractivity contribution in [1.82, 2.24) is 14.8 Å². The number of nitrogens with zero attached hydrogens (tertiary/aromatic N) is 4. The van der Waals surface area contributed by atoms with E-state index in [1.165, 1.54) is 31.2 Å². The zero-order chi connectivity index (χ0) is 28.7. The minimum atomic E-state index is -4.94. The molecule has 0 fully saturated rings. The van der Waals surface area contributed by atoms with E-state index in [9.17, 15) is 31.2 Å². The van der Waals surface area contributed by atoms with Gasteiger partial charge in [-0.25, -0.2) is 13.4 Å². The van der Waals surface area contributed by atoms with E-state index >= 15 is 0 Å². The number of primary amides is 1. The molecule has 3 N–H and O–H groups in total. The Morgan fingerprint density at radius 3 is 2.36 bits per heavy atom. The first kappa shape index (κ1) is 27.3. The molecule has 2 aromatic carbocycles. The summed E-state index contributed by atoms with van der Waals surface area (Å²) < 4.78 is 67.0. The maximum atomic E-state index is 13.9. The number of benzene rings is 2. The first-order chi connectivity index (χ1) is 18.2. The number of halogens is 3. The molecule has 2 aromatic heterocycles. The molecular formula is C25H19F3N6O4S. The van der Waals surface area contributed by atoms with E-state index in [4.69, 9.17) is 11.0 Å². The molecule has 4 rings (SSSR count). The summed E-state index contributed by atoms with van der Waals surface area (Å²) in [7, 11) is -3.72. The lowest BCUT2D eigenvalue weighted by Crippen LogP contribution is -2.19. The molecule has 2 amide bonds. The molecule has 0 radical (unpaired) electrons. The number of aromatic nitrogens is 3. The number of amides is 2. The molecule has 10 nitrogen and oxygen atoms in total. The van der Waals surface area contributed by atoms with E-state index in [1.54, 1.807) is 12.1 Å². The fourth-order valence-corrected chi connectivity index (χ4v) is 4.48.